The van der Waals surface area contributed by atoms with Gasteiger partial charge in [-0.25, -0.2) is 4.79 Å². The third-order valence-corrected chi connectivity index (χ3v) is 3.49. The van der Waals surface area contributed by atoms with Gasteiger partial charge in [-0.05, 0) is 12.8 Å². The molecule has 19 heavy (non-hydrogen) atoms. The smallest absolute Gasteiger partial charge is 0.329 e. The number of likely N-dealkylation sites (tertiary alicyclic amines) is 1. The van der Waals surface area contributed by atoms with Crippen LogP contribution in [-0.4, -0.2) is 42.0 Å². The molecule has 1 amide bonds. The van der Waals surface area contributed by atoms with Crippen LogP contribution in [0.5, 0.6) is 0 Å². The number of rotatable bonds is 4. The second-order valence-corrected chi connectivity index (χ2v) is 6.03. The van der Waals surface area contributed by atoms with Gasteiger partial charge in [0, 0.05) is 12.0 Å². The highest BCUT2D eigenvalue weighted by Crippen LogP contribution is 2.24. The quantitative estimate of drug-likeness (QED) is 0.591. The molecular weight excluding hydrogens is 244 g/mol. The Labute approximate surface area is 114 Å². The molecule has 1 saturated heterocycles. The highest BCUT2D eigenvalue weighted by molar-refractivity contribution is 5.87. The first-order valence-electron chi connectivity index (χ1n) is 6.70. The molecule has 108 valence electrons. The lowest BCUT2D eigenvalue weighted by atomic mass is 9.86. The first kappa shape index (κ1) is 15.7. The summed E-state index contributed by atoms with van der Waals surface area (Å²) in [6.07, 6.45) is 3.02. The maximum atomic E-state index is 12.4. The highest BCUT2D eigenvalue weighted by atomic mass is 16.5. The van der Waals surface area contributed by atoms with E-state index in [1.54, 1.807) is 4.90 Å². The zero-order valence-electron chi connectivity index (χ0n) is 12.1. The van der Waals surface area contributed by atoms with E-state index in [-0.39, 0.29) is 29.9 Å². The van der Waals surface area contributed by atoms with Gasteiger partial charge in [0.2, 0.25) is 0 Å². The molecule has 0 aromatic heterocycles. The van der Waals surface area contributed by atoms with Crippen LogP contribution < -0.4 is 5.73 Å². The molecule has 1 rings (SSSR count). The Bertz CT molecular complexity index is 360. The minimum Gasteiger partial charge on any atom is -0.460 e. The molecule has 0 unspecified atom stereocenters. The van der Waals surface area contributed by atoms with Gasteiger partial charge in [-0.15, -0.1) is 0 Å². The van der Waals surface area contributed by atoms with Crippen molar-refractivity contribution in [2.45, 2.75) is 45.7 Å². The fourth-order valence-electron chi connectivity index (χ4n) is 2.08. The van der Waals surface area contributed by atoms with Crippen LogP contribution in [0.4, 0.5) is 0 Å². The van der Waals surface area contributed by atoms with E-state index in [9.17, 15) is 9.59 Å². The Hall–Kier alpha value is -1.36. The first-order valence-corrected chi connectivity index (χ1v) is 6.70. The largest absolute Gasteiger partial charge is 0.460 e. The molecule has 2 atom stereocenters. The summed E-state index contributed by atoms with van der Waals surface area (Å²) < 4.78 is 5.05. The monoisotopic (exact) mass is 269 g/mol. The number of nitrogens with zero attached hydrogens (tertiary/aromatic N) is 1. The van der Waals surface area contributed by atoms with Crippen LogP contribution >= 0.6 is 0 Å². The Morgan fingerprint density at radius 3 is 2.68 bits per heavy atom. The van der Waals surface area contributed by atoms with Gasteiger partial charge in [0.1, 0.15) is 12.6 Å². The molecule has 0 saturated carbocycles. The predicted molar refractivity (Wildman–Crippen MR) is 72.0 cm³/mol. The summed E-state index contributed by atoms with van der Waals surface area (Å²) in [5.41, 5.74) is 3.74. The Morgan fingerprint density at radius 1 is 1.53 bits per heavy atom. The zero-order valence-corrected chi connectivity index (χ0v) is 12.1. The van der Waals surface area contributed by atoms with Gasteiger partial charge in [0.15, 0.2) is 6.04 Å². The standard InChI is InChI=1S/C14H24N2O3/c1-5-9-19-13(18)10-7-6-8-16(10)12(17)11(15)14(2,3)4/h5,10-11H,1,6-9,15H2,2-4H3/p+1/t10-,11+/m1/s1. The van der Waals surface area contributed by atoms with Crippen molar-refractivity contribution < 1.29 is 20.1 Å². The summed E-state index contributed by atoms with van der Waals surface area (Å²) >= 11 is 0. The van der Waals surface area contributed by atoms with Crippen molar-refractivity contribution in [2.75, 3.05) is 13.2 Å². The lowest BCUT2D eigenvalue weighted by Gasteiger charge is -2.29. The summed E-state index contributed by atoms with van der Waals surface area (Å²) in [5.74, 6) is -0.405. The second-order valence-electron chi connectivity index (χ2n) is 6.03. The lowest BCUT2D eigenvalue weighted by molar-refractivity contribution is -0.428. The van der Waals surface area contributed by atoms with Gasteiger partial charge < -0.3 is 15.4 Å². The molecule has 1 fully saturated rings. The van der Waals surface area contributed by atoms with Crippen molar-refractivity contribution in [3.8, 4) is 0 Å². The number of hydrogen-bond donors (Lipinski definition) is 1. The number of hydrogen-bond acceptors (Lipinski definition) is 3. The Kier molecular flexibility index (Phi) is 5.11. The van der Waals surface area contributed by atoms with Crippen LogP contribution in [0.25, 0.3) is 0 Å². The van der Waals surface area contributed by atoms with Crippen LogP contribution in [0.15, 0.2) is 12.7 Å². The summed E-state index contributed by atoms with van der Waals surface area (Å²) in [6, 6.07) is -0.820. The molecule has 0 radical (unpaired) electrons. The number of carbonyl (C=O) groups excluding carboxylic acids is 2. The van der Waals surface area contributed by atoms with Crippen LogP contribution in [-0.2, 0) is 14.3 Å². The van der Waals surface area contributed by atoms with Crippen LogP contribution in [0.2, 0.25) is 0 Å². The molecule has 0 aliphatic carbocycles. The molecule has 5 nitrogen and oxygen atoms in total. The number of amides is 1. The molecule has 3 N–H and O–H groups in total. The summed E-state index contributed by atoms with van der Waals surface area (Å²) in [4.78, 5) is 25.9. The minimum absolute atomic E-state index is 0.0643. The van der Waals surface area contributed by atoms with Crippen molar-refractivity contribution in [1.29, 1.82) is 0 Å². The van der Waals surface area contributed by atoms with E-state index >= 15 is 0 Å². The fraction of sp³-hybridized carbons (Fsp3) is 0.714. The van der Waals surface area contributed by atoms with Gasteiger partial charge in [-0.1, -0.05) is 33.4 Å². The molecule has 0 bridgehead atoms. The summed E-state index contributed by atoms with van der Waals surface area (Å²) in [7, 11) is 0. The van der Waals surface area contributed by atoms with Gasteiger partial charge in [0.05, 0.1) is 0 Å². The van der Waals surface area contributed by atoms with Crippen LogP contribution in [0.1, 0.15) is 33.6 Å². The molecule has 5 heteroatoms. The predicted octanol–water partition coefficient (Wildman–Crippen LogP) is 0.363. The van der Waals surface area contributed by atoms with Crippen molar-refractivity contribution in [3.05, 3.63) is 12.7 Å². The van der Waals surface area contributed by atoms with Gasteiger partial charge >= 0.3 is 5.97 Å². The normalized spacial score (nSPS) is 21.1. The average Bonchev–Trinajstić information content (AvgIpc) is 2.82. The van der Waals surface area contributed by atoms with Gasteiger partial charge in [-0.2, -0.15) is 0 Å². The van der Waals surface area contributed by atoms with Crippen molar-refractivity contribution >= 4 is 11.9 Å². The van der Waals surface area contributed by atoms with E-state index in [1.807, 2.05) is 20.8 Å². The first-order chi connectivity index (χ1) is 8.79. The van der Waals surface area contributed by atoms with Crippen molar-refractivity contribution in [3.63, 3.8) is 0 Å². The Morgan fingerprint density at radius 2 is 2.16 bits per heavy atom. The summed E-state index contributed by atoms with van der Waals surface area (Å²) in [5, 5.41) is 0. The van der Waals surface area contributed by atoms with E-state index < -0.39 is 6.04 Å². The molecular formula is C14H25N2O3+. The van der Waals surface area contributed by atoms with Gasteiger partial charge in [0.25, 0.3) is 5.91 Å². The number of esters is 1. The SMILES string of the molecule is C=CCOC(=O)[C@H]1CCCN1C(=O)[C@H]([NH3+])C(C)(C)C. The van der Waals surface area contributed by atoms with E-state index in [1.165, 1.54) is 6.08 Å². The molecule has 1 heterocycles. The summed E-state index contributed by atoms with van der Waals surface area (Å²) in [6.45, 7) is 10.2. The molecule has 0 aromatic rings. The third-order valence-electron chi connectivity index (χ3n) is 3.49. The van der Waals surface area contributed by atoms with E-state index in [0.717, 1.165) is 6.42 Å². The topological polar surface area (TPSA) is 74.2 Å². The third kappa shape index (κ3) is 3.80. The number of ether oxygens (including phenoxy) is 1. The fourth-order valence-corrected chi connectivity index (χ4v) is 2.08. The van der Waals surface area contributed by atoms with Crippen LogP contribution in [0.3, 0.4) is 0 Å². The van der Waals surface area contributed by atoms with E-state index in [2.05, 4.69) is 12.3 Å². The number of quaternary nitrogens is 1. The lowest BCUT2D eigenvalue weighted by Crippen LogP contribution is -2.73. The highest BCUT2D eigenvalue weighted by Gasteiger charge is 2.42. The minimum atomic E-state index is -0.459. The zero-order chi connectivity index (χ0) is 14.6. The second kappa shape index (κ2) is 6.19. The van der Waals surface area contributed by atoms with E-state index in [0.29, 0.717) is 13.0 Å². The molecule has 1 aliphatic rings. The molecule has 0 spiro atoms. The van der Waals surface area contributed by atoms with Gasteiger partial charge in [-0.3, -0.25) is 4.79 Å². The van der Waals surface area contributed by atoms with E-state index in [4.69, 9.17) is 4.74 Å². The molecule has 0 aromatic carbocycles. The average molecular weight is 269 g/mol. The maximum absolute atomic E-state index is 12.4. The van der Waals surface area contributed by atoms with Crippen LogP contribution in [0, 0.1) is 5.41 Å². The maximum Gasteiger partial charge on any atom is 0.329 e. The Balaban J connectivity index is 2.73. The number of carbonyl (C=O) groups is 2. The molecule has 1 aliphatic heterocycles. The van der Waals surface area contributed by atoms with Crippen molar-refractivity contribution in [1.82, 2.24) is 4.90 Å². The van der Waals surface area contributed by atoms with Crippen molar-refractivity contribution in [2.24, 2.45) is 5.41 Å².